The van der Waals surface area contributed by atoms with Crippen molar-refractivity contribution in [2.45, 2.75) is 71.4 Å². The van der Waals surface area contributed by atoms with E-state index in [0.717, 1.165) is 19.3 Å². The van der Waals surface area contributed by atoms with Crippen LogP contribution in [-0.2, 0) is 10.4 Å². The van der Waals surface area contributed by atoms with E-state index in [1.54, 1.807) is 24.5 Å². The molecule has 3 rings (SSSR count). The largest absolute Gasteiger partial charge is 0.386 e. The van der Waals surface area contributed by atoms with E-state index < -0.39 is 29.2 Å². The second-order valence-corrected chi connectivity index (χ2v) is 8.79. The van der Waals surface area contributed by atoms with Crippen molar-refractivity contribution in [1.82, 2.24) is 9.55 Å². The molecule has 1 heterocycles. The third-order valence-corrected chi connectivity index (χ3v) is 5.35. The maximum atomic E-state index is 14.7. The lowest BCUT2D eigenvalue weighted by Gasteiger charge is -2.29. The smallest absolute Gasteiger partial charge is 0.244 e. The van der Waals surface area contributed by atoms with Crippen LogP contribution in [0.25, 0.3) is 11.0 Å². The van der Waals surface area contributed by atoms with Gasteiger partial charge >= 0.3 is 0 Å². The molecule has 1 aliphatic rings. The SMILES string of the molecule is CC(C)(O)c1cc(F)c2nc(NC(=O)CC(C)(C)C(F)F)n(C3CCC3)c2c1. The highest BCUT2D eigenvalue weighted by atomic mass is 19.3. The summed E-state index contributed by atoms with van der Waals surface area (Å²) in [6.45, 7) is 5.77. The van der Waals surface area contributed by atoms with Crippen LogP contribution in [0.4, 0.5) is 19.1 Å². The van der Waals surface area contributed by atoms with Gasteiger partial charge in [-0.25, -0.2) is 18.2 Å². The van der Waals surface area contributed by atoms with Gasteiger partial charge in [-0.1, -0.05) is 13.8 Å². The van der Waals surface area contributed by atoms with Crippen LogP contribution >= 0.6 is 0 Å². The Morgan fingerprint density at radius 3 is 2.46 bits per heavy atom. The molecule has 2 aromatic rings. The first kappa shape index (κ1) is 20.6. The Hall–Kier alpha value is -2.09. The van der Waals surface area contributed by atoms with Crippen LogP contribution in [0.2, 0.25) is 0 Å². The molecule has 0 spiro atoms. The first-order valence-corrected chi connectivity index (χ1v) is 9.42. The number of aliphatic hydroxyl groups is 1. The Kier molecular flexibility index (Phi) is 5.20. The summed E-state index contributed by atoms with van der Waals surface area (Å²) in [6, 6.07) is 2.94. The van der Waals surface area contributed by atoms with E-state index in [2.05, 4.69) is 10.3 Å². The molecule has 1 aromatic heterocycles. The molecule has 1 aliphatic carbocycles. The van der Waals surface area contributed by atoms with E-state index in [0.29, 0.717) is 11.1 Å². The second-order valence-electron chi connectivity index (χ2n) is 8.79. The minimum absolute atomic E-state index is 0.0415. The lowest BCUT2D eigenvalue weighted by atomic mass is 9.89. The average Bonchev–Trinajstić information content (AvgIpc) is 2.83. The first-order chi connectivity index (χ1) is 12.9. The van der Waals surface area contributed by atoms with Crippen molar-refractivity contribution in [1.29, 1.82) is 0 Å². The summed E-state index contributed by atoms with van der Waals surface area (Å²) in [4.78, 5) is 16.6. The summed E-state index contributed by atoms with van der Waals surface area (Å²) in [6.07, 6.45) is -0.314. The standard InChI is InChI=1S/C20H26F3N3O2/c1-19(2,17(22)23)10-15(27)24-18-25-16-13(21)8-11(20(3,4)28)9-14(16)26(18)12-6-5-7-12/h8-9,12,17,28H,5-7,10H2,1-4H3,(H,24,25,27). The monoisotopic (exact) mass is 397 g/mol. The fraction of sp³-hybridized carbons (Fsp3) is 0.600. The topological polar surface area (TPSA) is 67.2 Å². The minimum Gasteiger partial charge on any atom is -0.386 e. The number of hydrogen-bond donors (Lipinski definition) is 2. The number of benzene rings is 1. The molecule has 1 fully saturated rings. The number of carbonyl (C=O) groups excluding carboxylic acids is 1. The predicted octanol–water partition coefficient (Wildman–Crippen LogP) is 4.75. The maximum absolute atomic E-state index is 14.7. The van der Waals surface area contributed by atoms with Crippen molar-refractivity contribution in [3.05, 3.63) is 23.5 Å². The first-order valence-electron chi connectivity index (χ1n) is 9.42. The Morgan fingerprint density at radius 1 is 1.32 bits per heavy atom. The number of aromatic nitrogens is 2. The van der Waals surface area contributed by atoms with Crippen LogP contribution in [0, 0.1) is 11.2 Å². The van der Waals surface area contributed by atoms with E-state index in [-0.39, 0.29) is 23.9 Å². The van der Waals surface area contributed by atoms with Crippen molar-refractivity contribution in [2.75, 3.05) is 5.32 Å². The van der Waals surface area contributed by atoms with E-state index in [9.17, 15) is 23.1 Å². The molecule has 1 saturated carbocycles. The van der Waals surface area contributed by atoms with Gasteiger partial charge in [-0.3, -0.25) is 10.1 Å². The number of nitrogens with zero attached hydrogens (tertiary/aromatic N) is 2. The van der Waals surface area contributed by atoms with Crippen molar-refractivity contribution < 1.29 is 23.1 Å². The molecule has 154 valence electrons. The fourth-order valence-corrected chi connectivity index (χ4v) is 3.27. The number of rotatable bonds is 6. The van der Waals surface area contributed by atoms with Gasteiger partial charge in [0.1, 0.15) is 5.52 Å². The zero-order valence-corrected chi connectivity index (χ0v) is 16.5. The normalized spacial score (nSPS) is 15.9. The summed E-state index contributed by atoms with van der Waals surface area (Å²) >= 11 is 0. The number of nitrogens with one attached hydrogen (secondary N) is 1. The van der Waals surface area contributed by atoms with Gasteiger partial charge < -0.3 is 9.67 Å². The number of fused-ring (bicyclic) bond motifs is 1. The highest BCUT2D eigenvalue weighted by Crippen LogP contribution is 2.39. The molecular weight excluding hydrogens is 371 g/mol. The van der Waals surface area contributed by atoms with E-state index in [4.69, 9.17) is 0 Å². The maximum Gasteiger partial charge on any atom is 0.244 e. The number of hydrogen-bond acceptors (Lipinski definition) is 3. The van der Waals surface area contributed by atoms with Crippen LogP contribution in [0.1, 0.15) is 65.0 Å². The van der Waals surface area contributed by atoms with Crippen molar-refractivity contribution >= 4 is 22.9 Å². The molecule has 0 atom stereocenters. The lowest BCUT2D eigenvalue weighted by Crippen LogP contribution is -2.29. The quantitative estimate of drug-likeness (QED) is 0.739. The van der Waals surface area contributed by atoms with Gasteiger partial charge in [-0.15, -0.1) is 0 Å². The molecule has 1 amide bonds. The van der Waals surface area contributed by atoms with Crippen LogP contribution in [0.5, 0.6) is 0 Å². The number of carbonyl (C=O) groups is 1. The Bertz CT molecular complexity index is 896. The molecule has 0 bridgehead atoms. The molecule has 5 nitrogen and oxygen atoms in total. The van der Waals surface area contributed by atoms with Crippen LogP contribution in [0.3, 0.4) is 0 Å². The van der Waals surface area contributed by atoms with Crippen LogP contribution in [-0.4, -0.2) is 27.0 Å². The Morgan fingerprint density at radius 2 is 1.96 bits per heavy atom. The molecule has 0 saturated heterocycles. The van der Waals surface area contributed by atoms with Gasteiger partial charge in [0.05, 0.1) is 11.1 Å². The van der Waals surface area contributed by atoms with Gasteiger partial charge in [-0.05, 0) is 50.8 Å². The van der Waals surface area contributed by atoms with E-state index in [1.807, 2.05) is 0 Å². The lowest BCUT2D eigenvalue weighted by molar-refractivity contribution is -0.120. The fourth-order valence-electron chi connectivity index (χ4n) is 3.27. The predicted molar refractivity (Wildman–Crippen MR) is 101 cm³/mol. The third-order valence-electron chi connectivity index (χ3n) is 5.35. The van der Waals surface area contributed by atoms with Gasteiger partial charge in [0, 0.05) is 17.9 Å². The summed E-state index contributed by atoms with van der Waals surface area (Å²) in [5.74, 6) is -1.04. The second kappa shape index (κ2) is 7.06. The van der Waals surface area contributed by atoms with Crippen LogP contribution in [0.15, 0.2) is 12.1 Å². The van der Waals surface area contributed by atoms with Crippen molar-refractivity contribution in [2.24, 2.45) is 5.41 Å². The summed E-state index contributed by atoms with van der Waals surface area (Å²) in [7, 11) is 0. The molecule has 0 unspecified atom stereocenters. The van der Waals surface area contributed by atoms with Crippen molar-refractivity contribution in [3.8, 4) is 0 Å². The highest BCUT2D eigenvalue weighted by Gasteiger charge is 2.33. The number of halogens is 3. The Balaban J connectivity index is 2.02. The zero-order valence-electron chi connectivity index (χ0n) is 16.5. The average molecular weight is 397 g/mol. The van der Waals surface area contributed by atoms with E-state index >= 15 is 0 Å². The zero-order chi connectivity index (χ0) is 20.9. The summed E-state index contributed by atoms with van der Waals surface area (Å²) < 4.78 is 42.6. The molecule has 0 aliphatic heterocycles. The summed E-state index contributed by atoms with van der Waals surface area (Å²) in [5.41, 5.74) is -1.76. The van der Waals surface area contributed by atoms with Gasteiger partial charge in [-0.2, -0.15) is 0 Å². The van der Waals surface area contributed by atoms with Gasteiger partial charge in [0.15, 0.2) is 5.82 Å². The number of amides is 1. The Labute approximate surface area is 161 Å². The van der Waals surface area contributed by atoms with Crippen LogP contribution < -0.4 is 5.32 Å². The van der Waals surface area contributed by atoms with E-state index in [1.165, 1.54) is 19.9 Å². The highest BCUT2D eigenvalue weighted by molar-refractivity contribution is 5.92. The molecule has 2 N–H and O–H groups in total. The molecule has 0 radical (unpaired) electrons. The molecule has 1 aromatic carbocycles. The number of alkyl halides is 2. The van der Waals surface area contributed by atoms with Gasteiger partial charge in [0.2, 0.25) is 18.3 Å². The third kappa shape index (κ3) is 3.87. The molecular formula is C20H26F3N3O2. The molecule has 28 heavy (non-hydrogen) atoms. The number of anilines is 1. The number of imidazole rings is 1. The summed E-state index contributed by atoms with van der Waals surface area (Å²) in [5, 5.41) is 12.9. The molecule has 8 heteroatoms. The van der Waals surface area contributed by atoms with Crippen molar-refractivity contribution in [3.63, 3.8) is 0 Å². The minimum atomic E-state index is -2.64. The van der Waals surface area contributed by atoms with Gasteiger partial charge in [0.25, 0.3) is 0 Å².